The van der Waals surface area contributed by atoms with Crippen LogP contribution in [0.1, 0.15) is 16.7 Å². The first-order chi connectivity index (χ1) is 11.6. The number of hydrogen-bond donors (Lipinski definition) is 2. The largest absolute Gasteiger partial charge is 0.291 e. The topological polar surface area (TPSA) is 67.2 Å². The van der Waals surface area contributed by atoms with Crippen LogP contribution in [0.3, 0.4) is 0 Å². The summed E-state index contributed by atoms with van der Waals surface area (Å²) in [7, 11) is 0. The normalized spacial score (nSPS) is 11.8. The molecule has 0 unspecified atom stereocenters. The summed E-state index contributed by atoms with van der Waals surface area (Å²) in [5.41, 5.74) is 3.45. The molecule has 2 N–H and O–H groups in total. The second-order valence-electron chi connectivity index (χ2n) is 5.64. The van der Waals surface area contributed by atoms with Gasteiger partial charge in [0.1, 0.15) is 6.61 Å². The van der Waals surface area contributed by atoms with Crippen molar-refractivity contribution in [3.8, 4) is 5.69 Å². The third-order valence-electron chi connectivity index (χ3n) is 3.82. The van der Waals surface area contributed by atoms with Crippen molar-refractivity contribution < 1.29 is 10.1 Å². The maximum atomic E-state index is 12.7. The van der Waals surface area contributed by atoms with Crippen molar-refractivity contribution in [2.24, 2.45) is 0 Å². The third-order valence-corrected chi connectivity index (χ3v) is 3.82. The van der Waals surface area contributed by atoms with Crippen molar-refractivity contribution in [1.82, 2.24) is 9.78 Å². The Morgan fingerprint density at radius 3 is 2.46 bits per heavy atom. The molecule has 1 heterocycles. The summed E-state index contributed by atoms with van der Waals surface area (Å²) in [5.74, 6) is 0. The minimum atomic E-state index is -0.160. The second-order valence-corrected chi connectivity index (χ2v) is 5.64. The van der Waals surface area contributed by atoms with Gasteiger partial charge in [0.2, 0.25) is 0 Å². The van der Waals surface area contributed by atoms with Crippen molar-refractivity contribution in [1.29, 1.82) is 0 Å². The zero-order valence-electron chi connectivity index (χ0n) is 13.3. The van der Waals surface area contributed by atoms with Gasteiger partial charge in [0.25, 0.3) is 5.56 Å². The molecule has 0 bridgehead atoms. The van der Waals surface area contributed by atoms with E-state index < -0.39 is 0 Å². The Morgan fingerprint density at radius 1 is 1.17 bits per heavy atom. The van der Waals surface area contributed by atoms with Crippen LogP contribution in [-0.2, 0) is 11.5 Å². The van der Waals surface area contributed by atoms with Gasteiger partial charge < -0.3 is 0 Å². The molecule has 0 spiro atoms. The van der Waals surface area contributed by atoms with E-state index in [2.05, 4.69) is 16.6 Å². The van der Waals surface area contributed by atoms with Crippen LogP contribution in [0.5, 0.6) is 0 Å². The van der Waals surface area contributed by atoms with Crippen molar-refractivity contribution in [3.05, 3.63) is 86.1 Å². The molecule has 5 nitrogen and oxygen atoms in total. The van der Waals surface area contributed by atoms with Gasteiger partial charge in [-0.05, 0) is 36.3 Å². The molecule has 3 aromatic rings. The van der Waals surface area contributed by atoms with E-state index in [4.69, 9.17) is 5.26 Å². The molecule has 0 atom stereocenters. The van der Waals surface area contributed by atoms with Crippen LogP contribution in [0.2, 0.25) is 0 Å². The SMILES string of the molecule is C=c1[nH]n(-c2ccc(COO)cc2)c(=O)c1=Cc1ccc(C)cc1. The average Bonchev–Trinajstić information content (AvgIpc) is 2.86. The zero-order valence-corrected chi connectivity index (χ0v) is 13.3. The molecular weight excluding hydrogens is 304 g/mol. The number of nitrogens with one attached hydrogen (secondary N) is 1. The number of aromatic amines is 1. The molecule has 0 saturated heterocycles. The molecule has 24 heavy (non-hydrogen) atoms. The quantitative estimate of drug-likeness (QED) is 0.567. The highest BCUT2D eigenvalue weighted by atomic mass is 17.1. The Bertz CT molecular complexity index is 997. The van der Waals surface area contributed by atoms with Gasteiger partial charge in [-0.1, -0.05) is 48.5 Å². The summed E-state index contributed by atoms with van der Waals surface area (Å²) in [5, 5.41) is 12.6. The lowest BCUT2D eigenvalue weighted by Crippen LogP contribution is -2.33. The number of aryl methyl sites for hydroxylation is 1. The molecule has 0 fully saturated rings. The maximum absolute atomic E-state index is 12.7. The average molecular weight is 322 g/mol. The first-order valence-corrected chi connectivity index (χ1v) is 7.52. The number of aromatic nitrogens is 2. The monoisotopic (exact) mass is 322 g/mol. The molecule has 0 saturated carbocycles. The molecule has 0 amide bonds. The lowest BCUT2D eigenvalue weighted by molar-refractivity contribution is -0.253. The van der Waals surface area contributed by atoms with Gasteiger partial charge in [-0.2, -0.15) is 0 Å². The highest BCUT2D eigenvalue weighted by Gasteiger charge is 2.05. The van der Waals surface area contributed by atoms with Gasteiger partial charge in [-0.3, -0.25) is 15.2 Å². The first kappa shape index (κ1) is 16.0. The van der Waals surface area contributed by atoms with E-state index in [1.54, 1.807) is 24.3 Å². The lowest BCUT2D eigenvalue weighted by atomic mass is 10.1. The van der Waals surface area contributed by atoms with Crippen LogP contribution < -0.4 is 16.1 Å². The van der Waals surface area contributed by atoms with Gasteiger partial charge in [-0.25, -0.2) is 9.57 Å². The second kappa shape index (κ2) is 6.70. The van der Waals surface area contributed by atoms with Crippen LogP contribution in [0, 0.1) is 6.92 Å². The number of H-pyrrole nitrogens is 1. The predicted molar refractivity (Wildman–Crippen MR) is 93.3 cm³/mol. The van der Waals surface area contributed by atoms with E-state index in [0.29, 0.717) is 16.3 Å². The van der Waals surface area contributed by atoms with E-state index in [-0.39, 0.29) is 12.2 Å². The standard InChI is InChI=1S/C19H18N2O3/c1-13-3-5-15(6-4-13)11-18-14(2)20-21(19(18)22)17-9-7-16(8-10-17)12-24-23/h3-11,20,23H,2,12H2,1H3. The molecule has 2 aromatic carbocycles. The summed E-state index contributed by atoms with van der Waals surface area (Å²) in [6.45, 7) is 6.05. The van der Waals surface area contributed by atoms with Crippen molar-refractivity contribution in [3.63, 3.8) is 0 Å². The van der Waals surface area contributed by atoms with Gasteiger partial charge in [0, 0.05) is 0 Å². The van der Waals surface area contributed by atoms with Gasteiger partial charge >= 0.3 is 0 Å². The molecule has 3 rings (SSSR count). The van der Waals surface area contributed by atoms with Crippen molar-refractivity contribution in [2.45, 2.75) is 13.5 Å². The van der Waals surface area contributed by atoms with Crippen molar-refractivity contribution >= 4 is 12.7 Å². The fourth-order valence-corrected chi connectivity index (χ4v) is 2.47. The number of nitrogens with zero attached hydrogens (tertiary/aromatic N) is 1. The molecule has 5 heteroatoms. The van der Waals surface area contributed by atoms with Gasteiger partial charge in [0.05, 0.1) is 16.3 Å². The number of hydrogen-bond acceptors (Lipinski definition) is 3. The zero-order chi connectivity index (χ0) is 17.1. The molecular formula is C19H18N2O3. The predicted octanol–water partition coefficient (Wildman–Crippen LogP) is 1.70. The van der Waals surface area contributed by atoms with E-state index in [0.717, 1.165) is 11.1 Å². The summed E-state index contributed by atoms with van der Waals surface area (Å²) in [6, 6.07) is 15.1. The third kappa shape index (κ3) is 3.22. The van der Waals surface area contributed by atoms with E-state index in [9.17, 15) is 4.79 Å². The highest BCUT2D eigenvalue weighted by molar-refractivity contribution is 5.50. The lowest BCUT2D eigenvalue weighted by Gasteiger charge is -2.02. The molecule has 0 aliphatic rings. The molecule has 122 valence electrons. The van der Waals surface area contributed by atoms with Gasteiger partial charge in [0.15, 0.2) is 0 Å². The fourth-order valence-electron chi connectivity index (χ4n) is 2.47. The van der Waals surface area contributed by atoms with Crippen molar-refractivity contribution in [2.75, 3.05) is 0 Å². The Hall–Kier alpha value is -2.89. The Balaban J connectivity index is 2.05. The van der Waals surface area contributed by atoms with E-state index in [1.165, 1.54) is 10.2 Å². The molecule has 0 aliphatic carbocycles. The van der Waals surface area contributed by atoms with Gasteiger partial charge in [-0.15, -0.1) is 0 Å². The minimum Gasteiger partial charge on any atom is -0.291 e. The highest BCUT2D eigenvalue weighted by Crippen LogP contribution is 2.07. The first-order valence-electron chi connectivity index (χ1n) is 7.52. The van der Waals surface area contributed by atoms with E-state index in [1.807, 2.05) is 37.3 Å². The number of rotatable bonds is 4. The van der Waals surface area contributed by atoms with Crippen LogP contribution in [0.15, 0.2) is 53.3 Å². The van der Waals surface area contributed by atoms with Crippen LogP contribution >= 0.6 is 0 Å². The Morgan fingerprint density at radius 2 is 1.83 bits per heavy atom. The summed E-state index contributed by atoms with van der Waals surface area (Å²) >= 11 is 0. The number of benzene rings is 2. The van der Waals surface area contributed by atoms with Crippen LogP contribution in [-0.4, -0.2) is 15.0 Å². The van der Waals surface area contributed by atoms with Crippen LogP contribution in [0.25, 0.3) is 18.3 Å². The minimum absolute atomic E-state index is 0.104. The molecule has 0 aliphatic heterocycles. The van der Waals surface area contributed by atoms with E-state index >= 15 is 0 Å². The summed E-state index contributed by atoms with van der Waals surface area (Å²) in [6.07, 6.45) is 1.82. The smallest absolute Gasteiger partial charge is 0.279 e. The maximum Gasteiger partial charge on any atom is 0.279 e. The molecule has 0 radical (unpaired) electrons. The Labute approximate surface area is 138 Å². The summed E-state index contributed by atoms with van der Waals surface area (Å²) < 4.78 is 1.45. The Kier molecular flexibility index (Phi) is 4.46. The molecule has 1 aromatic heterocycles. The fraction of sp³-hybridized carbons (Fsp3) is 0.105. The van der Waals surface area contributed by atoms with Crippen LogP contribution in [0.4, 0.5) is 0 Å². The summed E-state index contributed by atoms with van der Waals surface area (Å²) in [4.78, 5) is 16.8.